The molecule has 11 nitrogen and oxygen atoms in total. The number of carbonyl (C=O) groups is 2. The molecule has 1 fully saturated rings. The Hall–Kier alpha value is -3.47. The summed E-state index contributed by atoms with van der Waals surface area (Å²) in [4.78, 5) is 60.4. The molecule has 4 rings (SSSR count). The first-order valence-corrected chi connectivity index (χ1v) is 10.4. The van der Waals surface area contributed by atoms with Crippen molar-refractivity contribution in [2.75, 3.05) is 18.4 Å². The van der Waals surface area contributed by atoms with Gasteiger partial charge < -0.3 is 14.8 Å². The number of anilines is 1. The molecule has 0 saturated carbocycles. The molecule has 3 aromatic rings. The first-order chi connectivity index (χ1) is 15.3. The molecule has 2 amide bonds. The van der Waals surface area contributed by atoms with Crippen molar-refractivity contribution < 1.29 is 9.59 Å². The summed E-state index contributed by atoms with van der Waals surface area (Å²) in [5.74, 6) is -0.362. The van der Waals surface area contributed by atoms with Crippen molar-refractivity contribution in [3.63, 3.8) is 0 Å². The highest BCUT2D eigenvalue weighted by Crippen LogP contribution is 2.20. The monoisotopic (exact) mass is 459 g/mol. The Kier molecular flexibility index (Phi) is 5.83. The van der Waals surface area contributed by atoms with Gasteiger partial charge in [-0.25, -0.2) is 19.3 Å². The van der Waals surface area contributed by atoms with E-state index in [1.807, 2.05) is 0 Å². The van der Waals surface area contributed by atoms with Gasteiger partial charge in [-0.3, -0.25) is 19.0 Å². The average Bonchev–Trinajstić information content (AvgIpc) is 3.18. The van der Waals surface area contributed by atoms with Gasteiger partial charge in [0.1, 0.15) is 12.4 Å². The smallest absolute Gasteiger partial charge is 0.332 e. The Morgan fingerprint density at radius 3 is 2.53 bits per heavy atom. The number of nitrogens with zero attached hydrogens (tertiary/aromatic N) is 6. The van der Waals surface area contributed by atoms with Crippen LogP contribution in [0.4, 0.5) is 5.82 Å². The third kappa shape index (κ3) is 4.03. The predicted octanol–water partition coefficient (Wildman–Crippen LogP) is 0.359. The van der Waals surface area contributed by atoms with Crippen LogP contribution in [0.25, 0.3) is 11.2 Å². The lowest BCUT2D eigenvalue weighted by Crippen LogP contribution is -2.47. The Bertz CT molecular complexity index is 1300. The van der Waals surface area contributed by atoms with Crippen LogP contribution in [0.15, 0.2) is 34.2 Å². The van der Waals surface area contributed by atoms with Crippen LogP contribution < -0.4 is 16.6 Å². The standard InChI is InChI=1S/C20H22ClN7O4/c1-25-11-23-17-16(25)19(31)28(20(32)26(17)2)10-15(29)27-7-5-12(6-8-27)18(30)24-14-4-3-13(21)9-22-14/h3-4,9,11-12H,5-8,10H2,1-2H3,(H,22,24,30). The molecule has 0 spiro atoms. The Labute approximate surface area is 187 Å². The summed E-state index contributed by atoms with van der Waals surface area (Å²) in [6, 6.07) is 3.26. The second kappa shape index (κ2) is 8.58. The zero-order valence-electron chi connectivity index (χ0n) is 17.6. The molecular weight excluding hydrogens is 438 g/mol. The van der Waals surface area contributed by atoms with Gasteiger partial charge in [0, 0.05) is 39.3 Å². The number of nitrogens with one attached hydrogen (secondary N) is 1. The molecule has 4 heterocycles. The van der Waals surface area contributed by atoms with Crippen LogP contribution in [0.1, 0.15) is 12.8 Å². The van der Waals surface area contributed by atoms with E-state index in [0.29, 0.717) is 36.8 Å². The summed E-state index contributed by atoms with van der Waals surface area (Å²) < 4.78 is 3.71. The van der Waals surface area contributed by atoms with Crippen LogP contribution in [0.5, 0.6) is 0 Å². The lowest BCUT2D eigenvalue weighted by Gasteiger charge is -2.31. The van der Waals surface area contributed by atoms with Crippen LogP contribution in [0, 0.1) is 5.92 Å². The number of likely N-dealkylation sites (tertiary alicyclic amines) is 1. The minimum Gasteiger partial charge on any atom is -0.341 e. The van der Waals surface area contributed by atoms with Crippen molar-refractivity contribution in [1.82, 2.24) is 28.6 Å². The summed E-state index contributed by atoms with van der Waals surface area (Å²) in [6.45, 7) is 0.347. The topological polar surface area (TPSA) is 124 Å². The van der Waals surface area contributed by atoms with E-state index < -0.39 is 11.2 Å². The maximum absolute atomic E-state index is 12.8. The lowest BCUT2D eigenvalue weighted by molar-refractivity contribution is -0.135. The summed E-state index contributed by atoms with van der Waals surface area (Å²) in [6.07, 6.45) is 3.85. The molecule has 0 aromatic carbocycles. The molecule has 3 aromatic heterocycles. The number of pyridine rings is 1. The number of imidazole rings is 1. The van der Waals surface area contributed by atoms with Crippen LogP contribution in [-0.2, 0) is 30.2 Å². The van der Waals surface area contributed by atoms with Crippen molar-refractivity contribution in [2.24, 2.45) is 20.0 Å². The maximum Gasteiger partial charge on any atom is 0.332 e. The second-order valence-electron chi connectivity index (χ2n) is 7.77. The third-order valence-corrected chi connectivity index (χ3v) is 5.92. The number of piperidine rings is 1. The quantitative estimate of drug-likeness (QED) is 0.600. The second-order valence-corrected chi connectivity index (χ2v) is 8.20. The van der Waals surface area contributed by atoms with Gasteiger partial charge in [-0.1, -0.05) is 11.6 Å². The molecule has 12 heteroatoms. The van der Waals surface area contributed by atoms with Crippen molar-refractivity contribution in [3.05, 3.63) is 50.5 Å². The summed E-state index contributed by atoms with van der Waals surface area (Å²) in [5.41, 5.74) is -0.625. The van der Waals surface area contributed by atoms with E-state index >= 15 is 0 Å². The van der Waals surface area contributed by atoms with Crippen molar-refractivity contribution in [2.45, 2.75) is 19.4 Å². The fourth-order valence-electron chi connectivity index (χ4n) is 3.84. The zero-order valence-corrected chi connectivity index (χ0v) is 18.4. The normalized spacial score (nSPS) is 14.7. The van der Waals surface area contributed by atoms with Gasteiger partial charge >= 0.3 is 5.69 Å². The number of carbonyl (C=O) groups excluding carboxylic acids is 2. The number of aromatic nitrogens is 5. The zero-order chi connectivity index (χ0) is 23.0. The molecule has 1 N–H and O–H groups in total. The van der Waals surface area contributed by atoms with E-state index in [1.165, 1.54) is 28.7 Å². The Balaban J connectivity index is 1.41. The summed E-state index contributed by atoms with van der Waals surface area (Å²) in [7, 11) is 3.17. The predicted molar refractivity (Wildman–Crippen MR) is 117 cm³/mol. The van der Waals surface area contributed by atoms with E-state index in [9.17, 15) is 19.2 Å². The summed E-state index contributed by atoms with van der Waals surface area (Å²) in [5, 5.41) is 3.23. The minimum atomic E-state index is -0.598. The fourth-order valence-corrected chi connectivity index (χ4v) is 3.95. The molecule has 0 atom stereocenters. The van der Waals surface area contributed by atoms with Gasteiger partial charge in [0.25, 0.3) is 5.56 Å². The van der Waals surface area contributed by atoms with E-state index in [1.54, 1.807) is 24.1 Å². The van der Waals surface area contributed by atoms with Crippen LogP contribution >= 0.6 is 11.6 Å². The first kappa shape index (κ1) is 21.8. The van der Waals surface area contributed by atoms with Crippen molar-refractivity contribution in [1.29, 1.82) is 0 Å². The minimum absolute atomic E-state index is 0.168. The lowest BCUT2D eigenvalue weighted by atomic mass is 9.96. The van der Waals surface area contributed by atoms with Crippen LogP contribution in [-0.4, -0.2) is 53.5 Å². The number of amides is 2. The van der Waals surface area contributed by atoms with Gasteiger partial charge in [0.15, 0.2) is 11.2 Å². The average molecular weight is 460 g/mol. The molecule has 32 heavy (non-hydrogen) atoms. The molecular formula is C20H22ClN7O4. The van der Waals surface area contributed by atoms with E-state index in [-0.39, 0.29) is 35.4 Å². The van der Waals surface area contributed by atoms with Gasteiger partial charge in [-0.2, -0.15) is 0 Å². The van der Waals surface area contributed by atoms with E-state index in [0.717, 1.165) is 4.57 Å². The van der Waals surface area contributed by atoms with Gasteiger partial charge in [-0.05, 0) is 25.0 Å². The van der Waals surface area contributed by atoms with Crippen molar-refractivity contribution in [3.8, 4) is 0 Å². The SMILES string of the molecule is Cn1cnc2c1c(=O)n(CC(=O)N1CCC(C(=O)Nc3ccc(Cl)cn3)CC1)c(=O)n2C. The maximum atomic E-state index is 12.8. The summed E-state index contributed by atoms with van der Waals surface area (Å²) >= 11 is 5.80. The van der Waals surface area contributed by atoms with Crippen molar-refractivity contribution >= 4 is 40.4 Å². The number of fused-ring (bicyclic) bond motifs is 1. The molecule has 0 bridgehead atoms. The highest BCUT2D eigenvalue weighted by atomic mass is 35.5. The largest absolute Gasteiger partial charge is 0.341 e. The molecule has 1 aliphatic rings. The first-order valence-electron chi connectivity index (χ1n) is 10.1. The molecule has 1 saturated heterocycles. The van der Waals surface area contributed by atoms with Gasteiger partial charge in [0.2, 0.25) is 11.8 Å². The Morgan fingerprint density at radius 1 is 1.16 bits per heavy atom. The fraction of sp³-hybridized carbons (Fsp3) is 0.400. The number of halogens is 1. The number of aryl methyl sites for hydroxylation is 2. The number of hydrogen-bond donors (Lipinski definition) is 1. The third-order valence-electron chi connectivity index (χ3n) is 5.69. The molecule has 0 unspecified atom stereocenters. The van der Waals surface area contributed by atoms with Gasteiger partial charge in [-0.15, -0.1) is 0 Å². The van der Waals surface area contributed by atoms with E-state index in [4.69, 9.17) is 11.6 Å². The van der Waals surface area contributed by atoms with Crippen LogP contribution in [0.3, 0.4) is 0 Å². The highest BCUT2D eigenvalue weighted by Gasteiger charge is 2.28. The van der Waals surface area contributed by atoms with Gasteiger partial charge in [0.05, 0.1) is 11.3 Å². The van der Waals surface area contributed by atoms with E-state index in [2.05, 4.69) is 15.3 Å². The molecule has 168 valence electrons. The van der Waals surface area contributed by atoms with Crippen LogP contribution in [0.2, 0.25) is 5.02 Å². The molecule has 1 aliphatic heterocycles. The Morgan fingerprint density at radius 2 is 1.88 bits per heavy atom. The molecule has 0 aliphatic carbocycles. The number of hydrogen-bond acceptors (Lipinski definition) is 6. The molecule has 0 radical (unpaired) electrons. The number of rotatable bonds is 4. The highest BCUT2D eigenvalue weighted by molar-refractivity contribution is 6.30.